The Morgan fingerprint density at radius 1 is 1.23 bits per heavy atom. The molecule has 130 valence electrons. The lowest BCUT2D eigenvalue weighted by atomic mass is 10.1. The average Bonchev–Trinajstić information content (AvgIpc) is 2.92. The van der Waals surface area contributed by atoms with E-state index in [0.29, 0.717) is 23.6 Å². The molecule has 0 saturated carbocycles. The number of imidazole rings is 1. The summed E-state index contributed by atoms with van der Waals surface area (Å²) in [6.45, 7) is 2.04. The fourth-order valence-electron chi connectivity index (χ4n) is 2.97. The van der Waals surface area contributed by atoms with Crippen molar-refractivity contribution >= 4 is 22.4 Å². The smallest absolute Gasteiger partial charge is 0.250 e. The Balaban J connectivity index is 1.84. The van der Waals surface area contributed by atoms with Crippen molar-refractivity contribution in [2.75, 3.05) is 0 Å². The lowest BCUT2D eigenvalue weighted by molar-refractivity contribution is 0.858. The van der Waals surface area contributed by atoms with Crippen LogP contribution in [0.4, 0.5) is 0 Å². The number of hydrogen-bond acceptors (Lipinski definition) is 4. The van der Waals surface area contributed by atoms with Crippen molar-refractivity contribution < 1.29 is 0 Å². The lowest BCUT2D eigenvalue weighted by Crippen LogP contribution is -2.16. The molecule has 0 spiro atoms. The van der Waals surface area contributed by atoms with Crippen molar-refractivity contribution in [2.45, 2.75) is 13.3 Å². The van der Waals surface area contributed by atoms with Gasteiger partial charge in [-0.2, -0.15) is 0 Å². The molecule has 0 bridgehead atoms. The molecule has 1 aliphatic heterocycles. The number of aryl methyl sites for hydroxylation is 2. The molecule has 0 aliphatic carbocycles. The van der Waals surface area contributed by atoms with Gasteiger partial charge in [0.2, 0.25) is 5.56 Å². The molecule has 0 radical (unpaired) electrons. The summed E-state index contributed by atoms with van der Waals surface area (Å²) >= 11 is 0. The zero-order valence-corrected chi connectivity index (χ0v) is 14.7. The molecular weight excluding hydrogens is 326 g/mol. The summed E-state index contributed by atoms with van der Waals surface area (Å²) in [5, 5.41) is 0. The van der Waals surface area contributed by atoms with Gasteiger partial charge in [-0.1, -0.05) is 12.1 Å². The monoisotopic (exact) mass is 345 g/mol. The fraction of sp³-hybridized carbons (Fsp3) is 0.150. The van der Waals surface area contributed by atoms with Crippen molar-refractivity contribution in [2.24, 2.45) is 17.8 Å². The van der Waals surface area contributed by atoms with Gasteiger partial charge in [0.25, 0.3) is 0 Å². The third-order valence-corrected chi connectivity index (χ3v) is 4.39. The number of pyridine rings is 1. The molecule has 6 heteroatoms. The highest BCUT2D eigenvalue weighted by atomic mass is 16.1. The zero-order chi connectivity index (χ0) is 18.3. The van der Waals surface area contributed by atoms with Gasteiger partial charge in [0.05, 0.1) is 16.7 Å². The van der Waals surface area contributed by atoms with Crippen molar-refractivity contribution in [3.8, 4) is 0 Å². The molecule has 1 aromatic carbocycles. The van der Waals surface area contributed by atoms with E-state index in [9.17, 15) is 4.79 Å². The minimum atomic E-state index is -0.0603. The maximum Gasteiger partial charge on any atom is 0.250 e. The number of hydrogen-bond donors (Lipinski definition) is 2. The standard InChI is InChI=1S/C20H19N5O/c1-12-6-8-16-17(10-12)24-20(23-16)19-14(21)4-3-5-15(22-19)13-7-9-18(26)25(2)11-13/h3,5-11H,4,21H2,1-2H3,(H,23,24). The maximum absolute atomic E-state index is 11.6. The molecular formula is C20H19N5O. The van der Waals surface area contributed by atoms with E-state index in [0.717, 1.165) is 27.9 Å². The van der Waals surface area contributed by atoms with Gasteiger partial charge in [-0.15, -0.1) is 0 Å². The van der Waals surface area contributed by atoms with Gasteiger partial charge in [-0.3, -0.25) is 4.79 Å². The van der Waals surface area contributed by atoms with Crippen LogP contribution in [0.3, 0.4) is 0 Å². The van der Waals surface area contributed by atoms with Gasteiger partial charge in [0, 0.05) is 37.0 Å². The molecule has 3 N–H and O–H groups in total. The van der Waals surface area contributed by atoms with E-state index in [1.807, 2.05) is 31.2 Å². The molecule has 6 nitrogen and oxygen atoms in total. The zero-order valence-electron chi connectivity index (χ0n) is 14.7. The first-order chi connectivity index (χ1) is 12.5. The number of fused-ring (bicyclic) bond motifs is 1. The minimum absolute atomic E-state index is 0.0603. The van der Waals surface area contributed by atoms with Crippen LogP contribution in [0, 0.1) is 6.92 Å². The maximum atomic E-state index is 11.6. The second kappa shape index (κ2) is 6.15. The molecule has 4 rings (SSSR count). The van der Waals surface area contributed by atoms with E-state index in [1.165, 1.54) is 10.6 Å². The molecule has 3 aromatic rings. The van der Waals surface area contributed by atoms with Crippen LogP contribution in [-0.2, 0) is 7.05 Å². The normalized spacial score (nSPS) is 14.6. The van der Waals surface area contributed by atoms with Crippen LogP contribution in [0.5, 0.6) is 0 Å². The SMILES string of the molecule is Cc1ccc2nc(C3=C(N)CC=CC(c4ccc(=O)n(C)c4)=N3)[nH]c2c1. The van der Waals surface area contributed by atoms with E-state index >= 15 is 0 Å². The van der Waals surface area contributed by atoms with E-state index < -0.39 is 0 Å². The van der Waals surface area contributed by atoms with E-state index in [4.69, 9.17) is 10.7 Å². The molecule has 3 heterocycles. The number of aromatic amines is 1. The van der Waals surface area contributed by atoms with Crippen molar-refractivity contribution in [3.63, 3.8) is 0 Å². The van der Waals surface area contributed by atoms with E-state index in [2.05, 4.69) is 16.0 Å². The highest BCUT2D eigenvalue weighted by Gasteiger charge is 2.15. The number of nitrogens with zero attached hydrogens (tertiary/aromatic N) is 3. The molecule has 0 amide bonds. The Hall–Kier alpha value is -3.41. The van der Waals surface area contributed by atoms with Gasteiger partial charge in [-0.05, 0) is 36.8 Å². The number of benzene rings is 1. The van der Waals surface area contributed by atoms with Crippen molar-refractivity contribution in [1.29, 1.82) is 0 Å². The minimum Gasteiger partial charge on any atom is -0.400 e. The quantitative estimate of drug-likeness (QED) is 0.748. The summed E-state index contributed by atoms with van der Waals surface area (Å²) in [7, 11) is 1.72. The molecule has 0 fully saturated rings. The van der Waals surface area contributed by atoms with E-state index in [-0.39, 0.29) is 5.56 Å². The number of nitrogens with two attached hydrogens (primary N) is 1. The number of aromatic nitrogens is 3. The third kappa shape index (κ3) is 2.86. The average molecular weight is 345 g/mol. The molecule has 1 aliphatic rings. The third-order valence-electron chi connectivity index (χ3n) is 4.39. The number of rotatable bonds is 2. The summed E-state index contributed by atoms with van der Waals surface area (Å²) < 4.78 is 1.54. The predicted octanol–water partition coefficient (Wildman–Crippen LogP) is 2.65. The first kappa shape index (κ1) is 16.1. The molecule has 0 unspecified atom stereocenters. The molecule has 26 heavy (non-hydrogen) atoms. The number of nitrogens with one attached hydrogen (secondary N) is 1. The number of aliphatic imine (C=N–C) groups is 1. The van der Waals surface area contributed by atoms with Crippen LogP contribution in [-0.4, -0.2) is 20.2 Å². The highest BCUT2D eigenvalue weighted by Crippen LogP contribution is 2.24. The molecule has 0 atom stereocenters. The summed E-state index contributed by atoms with van der Waals surface area (Å²) in [5.41, 5.74) is 12.1. The number of allylic oxidation sites excluding steroid dienone is 2. The summed E-state index contributed by atoms with van der Waals surface area (Å²) in [4.78, 5) is 24.4. The predicted molar refractivity (Wildman–Crippen MR) is 104 cm³/mol. The summed E-state index contributed by atoms with van der Waals surface area (Å²) in [5.74, 6) is 0.647. The second-order valence-corrected chi connectivity index (χ2v) is 6.45. The van der Waals surface area contributed by atoms with Crippen molar-refractivity contribution in [3.05, 3.63) is 81.7 Å². The van der Waals surface area contributed by atoms with Gasteiger partial charge >= 0.3 is 0 Å². The summed E-state index contributed by atoms with van der Waals surface area (Å²) in [6.07, 6.45) is 6.25. The van der Waals surface area contributed by atoms with Gasteiger partial charge in [0.15, 0.2) is 5.82 Å². The van der Waals surface area contributed by atoms with Crippen LogP contribution >= 0.6 is 0 Å². The highest BCUT2D eigenvalue weighted by molar-refractivity contribution is 6.11. The Morgan fingerprint density at radius 3 is 2.88 bits per heavy atom. The van der Waals surface area contributed by atoms with Gasteiger partial charge < -0.3 is 15.3 Å². The second-order valence-electron chi connectivity index (χ2n) is 6.45. The van der Waals surface area contributed by atoms with Crippen LogP contribution in [0.15, 0.2) is 64.2 Å². The number of H-pyrrole nitrogens is 1. The lowest BCUT2D eigenvalue weighted by Gasteiger charge is -2.06. The Bertz CT molecular complexity index is 1160. The Labute approximate surface area is 150 Å². The molecule has 2 aromatic heterocycles. The van der Waals surface area contributed by atoms with E-state index in [1.54, 1.807) is 19.3 Å². The summed E-state index contributed by atoms with van der Waals surface area (Å²) in [6, 6.07) is 9.36. The Kier molecular flexibility index (Phi) is 3.80. The van der Waals surface area contributed by atoms with Crippen LogP contribution in [0.2, 0.25) is 0 Å². The topological polar surface area (TPSA) is 89.1 Å². The first-order valence-corrected chi connectivity index (χ1v) is 8.39. The Morgan fingerprint density at radius 2 is 2.08 bits per heavy atom. The van der Waals surface area contributed by atoms with Crippen LogP contribution in [0.1, 0.15) is 23.4 Å². The van der Waals surface area contributed by atoms with Gasteiger partial charge in [-0.25, -0.2) is 9.98 Å². The van der Waals surface area contributed by atoms with Crippen molar-refractivity contribution in [1.82, 2.24) is 14.5 Å². The largest absolute Gasteiger partial charge is 0.400 e. The first-order valence-electron chi connectivity index (χ1n) is 8.39. The van der Waals surface area contributed by atoms with Crippen LogP contribution in [0.25, 0.3) is 16.7 Å². The fourth-order valence-corrected chi connectivity index (χ4v) is 2.97. The van der Waals surface area contributed by atoms with Gasteiger partial charge in [0.1, 0.15) is 5.70 Å². The molecule has 0 saturated heterocycles. The van der Waals surface area contributed by atoms with Crippen LogP contribution < -0.4 is 11.3 Å².